The molecule has 9 heteroatoms. The highest BCUT2D eigenvalue weighted by molar-refractivity contribution is 9.10. The predicted molar refractivity (Wildman–Crippen MR) is 101 cm³/mol. The van der Waals surface area contributed by atoms with Crippen LogP contribution in [0.4, 0.5) is 14.9 Å². The fraction of sp³-hybridized carbons (Fsp3) is 0.222. The van der Waals surface area contributed by atoms with Crippen molar-refractivity contribution in [3.8, 4) is 0 Å². The first-order valence-corrected chi connectivity index (χ1v) is 9.16. The standard InChI is InChI=1S/C18H15BrClFN2O4/c19-12-3-1-2-11(8-12)10-22-17(25)27-18(26)6-7-23(16(18)24)13-4-5-15(21)14(20)9-13/h1-5,8-9,26H,6-7,10H2,(H,22,25)/t18-/m1/s1. The quantitative estimate of drug-likeness (QED) is 0.688. The van der Waals surface area contributed by atoms with E-state index in [1.807, 2.05) is 18.2 Å². The van der Waals surface area contributed by atoms with Gasteiger partial charge in [-0.3, -0.25) is 4.79 Å². The lowest BCUT2D eigenvalue weighted by molar-refractivity contribution is -0.175. The molecule has 0 aromatic heterocycles. The van der Waals surface area contributed by atoms with E-state index < -0.39 is 23.6 Å². The number of ether oxygens (including phenoxy) is 1. The lowest BCUT2D eigenvalue weighted by Crippen LogP contribution is -2.46. The van der Waals surface area contributed by atoms with Crippen LogP contribution in [0, 0.1) is 5.82 Å². The van der Waals surface area contributed by atoms with Crippen molar-refractivity contribution in [2.45, 2.75) is 18.8 Å². The van der Waals surface area contributed by atoms with Gasteiger partial charge in [0.1, 0.15) is 5.82 Å². The molecule has 2 amide bonds. The molecule has 0 unspecified atom stereocenters. The molecular weight excluding hydrogens is 443 g/mol. The zero-order chi connectivity index (χ0) is 19.6. The third kappa shape index (κ3) is 4.40. The first-order chi connectivity index (χ1) is 12.8. The van der Waals surface area contributed by atoms with E-state index in [1.54, 1.807) is 6.07 Å². The second-order valence-corrected chi connectivity index (χ2v) is 7.29. The van der Waals surface area contributed by atoms with Crippen molar-refractivity contribution < 1.29 is 23.8 Å². The molecule has 1 aliphatic rings. The van der Waals surface area contributed by atoms with Crippen LogP contribution >= 0.6 is 27.5 Å². The molecule has 0 aliphatic carbocycles. The van der Waals surface area contributed by atoms with Gasteiger partial charge in [0.05, 0.1) is 5.02 Å². The van der Waals surface area contributed by atoms with Gasteiger partial charge in [-0.1, -0.05) is 39.7 Å². The average Bonchev–Trinajstić information content (AvgIpc) is 2.91. The van der Waals surface area contributed by atoms with Crippen molar-refractivity contribution in [2.75, 3.05) is 11.4 Å². The molecule has 1 saturated heterocycles. The van der Waals surface area contributed by atoms with E-state index in [1.165, 1.54) is 17.0 Å². The Morgan fingerprint density at radius 1 is 1.37 bits per heavy atom. The van der Waals surface area contributed by atoms with E-state index in [4.69, 9.17) is 16.3 Å². The third-order valence-corrected chi connectivity index (χ3v) is 4.84. The normalized spacial score (nSPS) is 19.3. The molecule has 2 N–H and O–H groups in total. The van der Waals surface area contributed by atoms with Crippen molar-refractivity contribution in [1.82, 2.24) is 5.32 Å². The Balaban J connectivity index is 1.63. The number of anilines is 1. The number of nitrogens with zero attached hydrogens (tertiary/aromatic N) is 1. The summed E-state index contributed by atoms with van der Waals surface area (Å²) in [7, 11) is 0. The van der Waals surface area contributed by atoms with Crippen LogP contribution in [0.25, 0.3) is 0 Å². The molecule has 1 heterocycles. The topological polar surface area (TPSA) is 78.9 Å². The van der Waals surface area contributed by atoms with Crippen molar-refractivity contribution in [3.05, 3.63) is 63.3 Å². The minimum absolute atomic E-state index is 0.0935. The second-order valence-electron chi connectivity index (χ2n) is 5.96. The Morgan fingerprint density at radius 3 is 2.85 bits per heavy atom. The molecule has 1 fully saturated rings. The molecule has 0 bridgehead atoms. The van der Waals surface area contributed by atoms with E-state index in [0.717, 1.165) is 16.1 Å². The maximum atomic E-state index is 13.3. The van der Waals surface area contributed by atoms with Crippen LogP contribution in [0.2, 0.25) is 5.02 Å². The fourth-order valence-electron chi connectivity index (χ4n) is 2.69. The highest BCUT2D eigenvalue weighted by Gasteiger charge is 2.49. The number of halogens is 3. The van der Waals surface area contributed by atoms with Crippen LogP contribution < -0.4 is 10.2 Å². The third-order valence-electron chi connectivity index (χ3n) is 4.06. The Bertz CT molecular complexity index is 897. The van der Waals surface area contributed by atoms with Gasteiger partial charge in [0.15, 0.2) is 0 Å². The molecule has 2 aromatic rings. The molecule has 3 rings (SSSR count). The molecule has 0 saturated carbocycles. The number of hydrogen-bond donors (Lipinski definition) is 2. The Morgan fingerprint density at radius 2 is 2.15 bits per heavy atom. The maximum absolute atomic E-state index is 13.3. The fourth-order valence-corrected chi connectivity index (χ4v) is 3.31. The largest absolute Gasteiger partial charge is 0.410 e. The number of hydrogen-bond acceptors (Lipinski definition) is 4. The maximum Gasteiger partial charge on any atom is 0.410 e. The van der Waals surface area contributed by atoms with Crippen LogP contribution in [0.3, 0.4) is 0 Å². The Labute approximate surface area is 168 Å². The summed E-state index contributed by atoms with van der Waals surface area (Å²) in [6, 6.07) is 11.0. The number of rotatable bonds is 4. The van der Waals surface area contributed by atoms with Gasteiger partial charge in [0.2, 0.25) is 0 Å². The lowest BCUT2D eigenvalue weighted by Gasteiger charge is -2.22. The summed E-state index contributed by atoms with van der Waals surface area (Å²) < 4.78 is 19.1. The van der Waals surface area contributed by atoms with Gasteiger partial charge in [0, 0.05) is 29.7 Å². The summed E-state index contributed by atoms with van der Waals surface area (Å²) in [5, 5.41) is 12.8. The van der Waals surface area contributed by atoms with Gasteiger partial charge in [0.25, 0.3) is 11.7 Å². The summed E-state index contributed by atoms with van der Waals surface area (Å²) in [6.07, 6.45) is -1.05. The smallest absolute Gasteiger partial charge is 0.407 e. The zero-order valence-corrected chi connectivity index (χ0v) is 16.3. The van der Waals surface area contributed by atoms with Crippen LogP contribution in [0.1, 0.15) is 12.0 Å². The van der Waals surface area contributed by atoms with Gasteiger partial charge in [-0.2, -0.15) is 0 Å². The molecule has 142 valence electrons. The molecule has 1 aliphatic heterocycles. The monoisotopic (exact) mass is 456 g/mol. The van der Waals surface area contributed by atoms with Crippen molar-refractivity contribution in [2.24, 2.45) is 0 Å². The van der Waals surface area contributed by atoms with E-state index in [0.29, 0.717) is 5.69 Å². The average molecular weight is 458 g/mol. The van der Waals surface area contributed by atoms with Crippen LogP contribution in [-0.2, 0) is 16.1 Å². The first kappa shape index (κ1) is 19.6. The Hall–Kier alpha value is -2.16. The van der Waals surface area contributed by atoms with Gasteiger partial charge < -0.3 is 20.1 Å². The van der Waals surface area contributed by atoms with Gasteiger partial charge in [-0.25, -0.2) is 9.18 Å². The lowest BCUT2D eigenvalue weighted by atomic mass is 10.2. The van der Waals surface area contributed by atoms with E-state index in [-0.39, 0.29) is 24.5 Å². The van der Waals surface area contributed by atoms with E-state index in [2.05, 4.69) is 21.2 Å². The highest BCUT2D eigenvalue weighted by Crippen LogP contribution is 2.31. The summed E-state index contributed by atoms with van der Waals surface area (Å²) in [6.45, 7) is 0.260. The number of aliphatic hydroxyl groups is 1. The minimum Gasteiger partial charge on any atom is -0.407 e. The number of amides is 2. The van der Waals surface area contributed by atoms with Gasteiger partial charge >= 0.3 is 6.09 Å². The zero-order valence-electron chi connectivity index (χ0n) is 13.9. The number of alkyl carbamates (subject to hydrolysis) is 1. The first-order valence-electron chi connectivity index (χ1n) is 7.99. The molecule has 0 spiro atoms. The molecule has 6 nitrogen and oxygen atoms in total. The number of carbonyl (C=O) groups is 2. The second kappa shape index (κ2) is 7.84. The summed E-state index contributed by atoms with van der Waals surface area (Å²) >= 11 is 9.06. The van der Waals surface area contributed by atoms with E-state index >= 15 is 0 Å². The van der Waals surface area contributed by atoms with E-state index in [9.17, 15) is 19.1 Å². The summed E-state index contributed by atoms with van der Waals surface area (Å²) in [5.41, 5.74) is 1.12. The molecule has 2 aromatic carbocycles. The predicted octanol–water partition coefficient (Wildman–Crippen LogP) is 3.59. The number of carbonyl (C=O) groups excluding carboxylic acids is 2. The van der Waals surface area contributed by atoms with Gasteiger partial charge in [-0.15, -0.1) is 0 Å². The number of benzene rings is 2. The summed E-state index contributed by atoms with van der Waals surface area (Å²) in [5.74, 6) is -3.73. The number of nitrogens with one attached hydrogen (secondary N) is 1. The van der Waals surface area contributed by atoms with Crippen LogP contribution in [0.15, 0.2) is 46.9 Å². The van der Waals surface area contributed by atoms with Crippen molar-refractivity contribution >= 4 is 45.2 Å². The van der Waals surface area contributed by atoms with Crippen molar-refractivity contribution in [1.29, 1.82) is 0 Å². The highest BCUT2D eigenvalue weighted by atomic mass is 79.9. The van der Waals surface area contributed by atoms with Gasteiger partial charge in [-0.05, 0) is 35.9 Å². The minimum atomic E-state index is -2.29. The molecule has 27 heavy (non-hydrogen) atoms. The Kier molecular flexibility index (Phi) is 5.69. The van der Waals surface area contributed by atoms with Crippen molar-refractivity contribution in [3.63, 3.8) is 0 Å². The molecular formula is C18H15BrClFN2O4. The molecule has 0 radical (unpaired) electrons. The summed E-state index contributed by atoms with van der Waals surface area (Å²) in [4.78, 5) is 25.7. The SMILES string of the molecule is O=C(NCc1cccc(Br)c1)O[C@]1(O)CCN(c2ccc(F)c(Cl)c2)C1=O. The van der Waals surface area contributed by atoms with Crippen LogP contribution in [-0.4, -0.2) is 29.4 Å². The van der Waals surface area contributed by atoms with Crippen LogP contribution in [0.5, 0.6) is 0 Å². The molecule has 1 atom stereocenters.